The maximum Gasteiger partial charge on any atom is 0.159 e. The van der Waals surface area contributed by atoms with E-state index in [1.54, 1.807) is 0 Å². The van der Waals surface area contributed by atoms with Gasteiger partial charge in [-0.15, -0.1) is 0 Å². The van der Waals surface area contributed by atoms with Crippen molar-refractivity contribution in [2.75, 3.05) is 4.90 Å². The number of hydrogen-bond acceptors (Lipinski definition) is 4. The molecule has 0 radical (unpaired) electrons. The third-order valence-electron chi connectivity index (χ3n) is 11.4. The summed E-state index contributed by atoms with van der Waals surface area (Å²) in [6.07, 6.45) is 6.95. The highest BCUT2D eigenvalue weighted by Crippen LogP contribution is 2.49. The molecule has 3 heterocycles. The maximum atomic E-state index is 5.10. The molecule has 0 saturated carbocycles. The molecule has 56 heavy (non-hydrogen) atoms. The van der Waals surface area contributed by atoms with Gasteiger partial charge in [0, 0.05) is 44.9 Å². The van der Waals surface area contributed by atoms with E-state index >= 15 is 0 Å². The lowest BCUT2D eigenvalue weighted by Crippen LogP contribution is -2.33. The van der Waals surface area contributed by atoms with E-state index in [0.29, 0.717) is 0 Å². The maximum absolute atomic E-state index is 5.10. The molecule has 0 bridgehead atoms. The number of aliphatic imine (C=N–C) groups is 2. The highest BCUT2D eigenvalue weighted by Gasteiger charge is 2.38. The van der Waals surface area contributed by atoms with Crippen LogP contribution < -0.4 is 10.2 Å². The first kappa shape index (κ1) is 32.2. The number of para-hydroxylation sites is 3. The molecule has 5 nitrogen and oxygen atoms in total. The molecule has 3 atom stereocenters. The van der Waals surface area contributed by atoms with E-state index in [1.807, 2.05) is 24.3 Å². The van der Waals surface area contributed by atoms with Crippen LogP contribution in [0.5, 0.6) is 0 Å². The highest BCUT2D eigenvalue weighted by atomic mass is 15.2. The fraction of sp³-hybridized carbons (Fsp3) is 0.0588. The Balaban J connectivity index is 0.933. The molecule has 11 rings (SSSR count). The van der Waals surface area contributed by atoms with Crippen molar-refractivity contribution in [1.29, 1.82) is 0 Å². The number of nitrogens with zero attached hydrogens (tertiary/aromatic N) is 4. The predicted molar refractivity (Wildman–Crippen MR) is 231 cm³/mol. The third kappa shape index (κ3) is 5.39. The van der Waals surface area contributed by atoms with Gasteiger partial charge in [-0.05, 0) is 82.9 Å². The zero-order valence-electron chi connectivity index (χ0n) is 30.6. The van der Waals surface area contributed by atoms with E-state index in [-0.39, 0.29) is 18.1 Å². The van der Waals surface area contributed by atoms with Crippen LogP contribution in [0.3, 0.4) is 0 Å². The van der Waals surface area contributed by atoms with E-state index in [9.17, 15) is 0 Å². The van der Waals surface area contributed by atoms with E-state index in [0.717, 1.165) is 34.0 Å². The van der Waals surface area contributed by atoms with Gasteiger partial charge in [0.15, 0.2) is 5.84 Å². The van der Waals surface area contributed by atoms with Crippen LogP contribution in [-0.4, -0.2) is 22.3 Å². The fourth-order valence-electron chi connectivity index (χ4n) is 8.75. The van der Waals surface area contributed by atoms with Crippen LogP contribution in [0.2, 0.25) is 0 Å². The topological polar surface area (TPSA) is 44.9 Å². The monoisotopic (exact) mass is 719 g/mol. The predicted octanol–water partition coefficient (Wildman–Crippen LogP) is 11.5. The van der Waals surface area contributed by atoms with Gasteiger partial charge >= 0.3 is 0 Å². The summed E-state index contributed by atoms with van der Waals surface area (Å²) in [5.74, 6) is 1.75. The molecule has 2 aliphatic heterocycles. The van der Waals surface area contributed by atoms with Crippen molar-refractivity contribution < 1.29 is 0 Å². The minimum atomic E-state index is -0.235. The first-order chi connectivity index (χ1) is 27.8. The summed E-state index contributed by atoms with van der Waals surface area (Å²) < 4.78 is 2.37. The number of benzene rings is 7. The lowest BCUT2D eigenvalue weighted by molar-refractivity contribution is 0.674. The Hall–Kier alpha value is -7.24. The van der Waals surface area contributed by atoms with Gasteiger partial charge in [-0.3, -0.25) is 0 Å². The minimum Gasteiger partial charge on any atom is -0.344 e. The average Bonchev–Trinajstić information content (AvgIpc) is 3.79. The van der Waals surface area contributed by atoms with E-state index in [2.05, 4.69) is 191 Å². The SMILES string of the molecule is C1=CC2C(C=C1c1ccc3c(c1)c1ccccc1n3-c1ccccc1)c1ccccc1N2c1ccc(C2=NC(c3ccccc3)NC(c3ccccc3)=N2)cc1. The van der Waals surface area contributed by atoms with Gasteiger partial charge in [0.2, 0.25) is 0 Å². The molecule has 1 aliphatic carbocycles. The molecule has 3 aliphatic rings. The van der Waals surface area contributed by atoms with Crippen molar-refractivity contribution >= 4 is 50.4 Å². The molecular formula is C51H37N5. The molecule has 1 N–H and O–H groups in total. The summed E-state index contributed by atoms with van der Waals surface area (Å²) in [6, 6.07) is 64.8. The number of aromatic nitrogens is 1. The lowest BCUT2D eigenvalue weighted by Gasteiger charge is -2.30. The Bertz CT molecular complexity index is 2890. The average molecular weight is 720 g/mol. The summed E-state index contributed by atoms with van der Waals surface area (Å²) >= 11 is 0. The van der Waals surface area contributed by atoms with Crippen LogP contribution in [0.25, 0.3) is 33.1 Å². The van der Waals surface area contributed by atoms with Gasteiger partial charge in [-0.2, -0.15) is 0 Å². The number of anilines is 2. The Morgan fingerprint density at radius 2 is 1.21 bits per heavy atom. The summed E-state index contributed by atoms with van der Waals surface area (Å²) in [5.41, 5.74) is 12.9. The largest absolute Gasteiger partial charge is 0.344 e. The second-order valence-corrected chi connectivity index (χ2v) is 14.6. The van der Waals surface area contributed by atoms with E-state index in [4.69, 9.17) is 9.98 Å². The lowest BCUT2D eigenvalue weighted by atomic mass is 9.86. The first-order valence-corrected chi connectivity index (χ1v) is 19.3. The summed E-state index contributed by atoms with van der Waals surface area (Å²) in [6.45, 7) is 0. The van der Waals surface area contributed by atoms with Crippen molar-refractivity contribution in [1.82, 2.24) is 9.88 Å². The molecule has 0 spiro atoms. The molecule has 0 saturated heterocycles. The van der Waals surface area contributed by atoms with Crippen LogP contribution in [0.4, 0.5) is 11.4 Å². The summed E-state index contributed by atoms with van der Waals surface area (Å²) in [5, 5.41) is 6.09. The molecule has 1 aromatic heterocycles. The van der Waals surface area contributed by atoms with Crippen molar-refractivity contribution in [3.8, 4) is 5.69 Å². The summed E-state index contributed by atoms with van der Waals surface area (Å²) in [7, 11) is 0. The Morgan fingerprint density at radius 3 is 2.04 bits per heavy atom. The number of amidine groups is 2. The third-order valence-corrected chi connectivity index (χ3v) is 11.4. The van der Waals surface area contributed by atoms with Gasteiger partial charge in [-0.25, -0.2) is 9.98 Å². The van der Waals surface area contributed by atoms with Crippen molar-refractivity contribution in [3.05, 3.63) is 228 Å². The van der Waals surface area contributed by atoms with Crippen molar-refractivity contribution in [3.63, 3.8) is 0 Å². The number of nitrogens with one attached hydrogen (secondary N) is 1. The highest BCUT2D eigenvalue weighted by molar-refractivity contribution is 6.13. The van der Waals surface area contributed by atoms with Gasteiger partial charge in [0.05, 0.1) is 17.1 Å². The zero-order chi connectivity index (χ0) is 37.0. The van der Waals surface area contributed by atoms with Crippen molar-refractivity contribution in [2.45, 2.75) is 18.1 Å². The molecule has 8 aromatic rings. The van der Waals surface area contributed by atoms with Crippen molar-refractivity contribution in [2.24, 2.45) is 9.98 Å². The molecule has 3 unspecified atom stereocenters. The minimum absolute atomic E-state index is 0.159. The Labute approximate surface area is 325 Å². The van der Waals surface area contributed by atoms with Gasteiger partial charge in [0.1, 0.15) is 12.0 Å². The molecule has 0 fully saturated rings. The van der Waals surface area contributed by atoms with Crippen LogP contribution in [-0.2, 0) is 0 Å². The number of rotatable bonds is 6. The second kappa shape index (κ2) is 13.3. The quantitative estimate of drug-likeness (QED) is 0.186. The second-order valence-electron chi connectivity index (χ2n) is 14.6. The van der Waals surface area contributed by atoms with Gasteiger partial charge in [0.25, 0.3) is 0 Å². The smallest absolute Gasteiger partial charge is 0.159 e. The molecular weight excluding hydrogens is 683 g/mol. The van der Waals surface area contributed by atoms with E-state index < -0.39 is 0 Å². The van der Waals surface area contributed by atoms with Crippen LogP contribution in [0.15, 0.2) is 210 Å². The van der Waals surface area contributed by atoms with Gasteiger partial charge in [-0.1, -0.05) is 140 Å². The molecule has 7 aromatic carbocycles. The standard InChI is InChI=1S/C51H37N5/c1-4-14-34(15-5-1)49-52-50(35-16-6-2-7-17-35)54-51(53-49)36-24-28-40(29-25-36)56-46-23-13-11-21-42(46)44-33-38(27-31-48(44)56)37-26-30-47-43(32-37)41-20-10-12-22-45(41)55(47)39-18-8-3-9-19-39/h1-33,44,48-49H,(H,52,53,54). The van der Waals surface area contributed by atoms with Gasteiger partial charge < -0.3 is 14.8 Å². The van der Waals surface area contributed by atoms with Crippen LogP contribution in [0.1, 0.15) is 39.9 Å². The summed E-state index contributed by atoms with van der Waals surface area (Å²) in [4.78, 5) is 12.6. The number of fused-ring (bicyclic) bond motifs is 6. The fourth-order valence-corrected chi connectivity index (χ4v) is 8.75. The molecule has 5 heteroatoms. The number of allylic oxidation sites excluding steroid dienone is 2. The Morgan fingerprint density at radius 1 is 0.536 bits per heavy atom. The molecule has 266 valence electrons. The zero-order valence-corrected chi connectivity index (χ0v) is 30.6. The number of hydrogen-bond donors (Lipinski definition) is 1. The van der Waals surface area contributed by atoms with E-state index in [1.165, 1.54) is 49.9 Å². The van der Waals surface area contributed by atoms with Crippen LogP contribution >= 0.6 is 0 Å². The van der Waals surface area contributed by atoms with Crippen LogP contribution in [0, 0.1) is 0 Å². The normalized spacial score (nSPS) is 18.5. The molecule has 0 amide bonds. The first-order valence-electron chi connectivity index (χ1n) is 19.3. The Kier molecular flexibility index (Phi) is 7.62.